The second-order valence-corrected chi connectivity index (χ2v) is 3.85. The summed E-state index contributed by atoms with van der Waals surface area (Å²) in [4.78, 5) is 10.7. The van der Waals surface area contributed by atoms with Crippen LogP contribution in [0.1, 0.15) is 13.3 Å². The lowest BCUT2D eigenvalue weighted by molar-refractivity contribution is -0.384. The first-order valence-electron chi connectivity index (χ1n) is 6.19. The highest BCUT2D eigenvalue weighted by atomic mass is 16.6. The molecule has 0 aliphatic heterocycles. The van der Waals surface area contributed by atoms with Gasteiger partial charge in [-0.1, -0.05) is 25.1 Å². The van der Waals surface area contributed by atoms with Gasteiger partial charge in [-0.2, -0.15) is 0 Å². The summed E-state index contributed by atoms with van der Waals surface area (Å²) in [6.45, 7) is 3.33. The van der Waals surface area contributed by atoms with E-state index in [1.54, 1.807) is 24.3 Å². The van der Waals surface area contributed by atoms with Crippen molar-refractivity contribution in [2.75, 3.05) is 25.0 Å². The molecule has 0 saturated heterocycles. The van der Waals surface area contributed by atoms with Gasteiger partial charge in [-0.15, -0.1) is 0 Å². The molecule has 6 nitrogen and oxygen atoms in total. The number of nitrogens with two attached hydrogens (primary N) is 1. The number of nitro benzene ring substituents is 1. The van der Waals surface area contributed by atoms with Crippen LogP contribution >= 0.6 is 0 Å². The number of rotatable bonds is 8. The summed E-state index contributed by atoms with van der Waals surface area (Å²) < 4.78 is 5.40. The molecule has 0 saturated carbocycles. The number of nitrogens with one attached hydrogen (secondary N) is 1. The third-order valence-corrected chi connectivity index (χ3v) is 2.36. The predicted molar refractivity (Wildman–Crippen MR) is 75.6 cm³/mol. The summed E-state index contributed by atoms with van der Waals surface area (Å²) in [5.41, 5.74) is 5.74. The van der Waals surface area contributed by atoms with E-state index in [2.05, 4.69) is 5.32 Å². The molecule has 0 aromatic heterocycles. The molecule has 0 spiro atoms. The third kappa shape index (κ3) is 4.59. The lowest BCUT2D eigenvalue weighted by atomic mass is 10.2. The maximum Gasteiger partial charge on any atom is 0.333 e. The van der Waals surface area contributed by atoms with E-state index in [1.807, 2.05) is 13.0 Å². The van der Waals surface area contributed by atoms with Crippen molar-refractivity contribution in [1.82, 2.24) is 0 Å². The van der Waals surface area contributed by atoms with Crippen LogP contribution in [0.5, 0.6) is 5.75 Å². The number of nitro groups is 1. The average molecular weight is 265 g/mol. The molecular weight excluding hydrogens is 246 g/mol. The summed E-state index contributed by atoms with van der Waals surface area (Å²) in [5, 5.41) is 14.1. The highest BCUT2D eigenvalue weighted by Gasteiger charge is 2.20. The molecule has 1 aromatic rings. The maximum atomic E-state index is 11.1. The summed E-state index contributed by atoms with van der Waals surface area (Å²) in [6.07, 6.45) is 4.41. The topological polar surface area (TPSA) is 90.4 Å². The fourth-order valence-corrected chi connectivity index (χ4v) is 1.53. The summed E-state index contributed by atoms with van der Waals surface area (Å²) in [6, 6.07) is 4.99. The van der Waals surface area contributed by atoms with E-state index in [1.165, 1.54) is 0 Å². The Kier molecular flexibility index (Phi) is 6.38. The van der Waals surface area contributed by atoms with Crippen molar-refractivity contribution in [3.8, 4) is 5.75 Å². The Labute approximate surface area is 112 Å². The van der Waals surface area contributed by atoms with Gasteiger partial charge in [0, 0.05) is 13.1 Å². The fourth-order valence-electron chi connectivity index (χ4n) is 1.53. The molecule has 0 aliphatic rings. The predicted octanol–water partition coefficient (Wildman–Crippen LogP) is 2.31. The number of anilines is 1. The van der Waals surface area contributed by atoms with Crippen LogP contribution in [0.4, 0.5) is 11.4 Å². The quantitative estimate of drug-likeness (QED) is 0.427. The van der Waals surface area contributed by atoms with Crippen molar-refractivity contribution in [2.45, 2.75) is 13.3 Å². The standard InChI is InChI=1S/C13H19N3O3/c1-2-10-19-12-7-5-6-11(13(12)16(17)18)15-9-4-3-8-14/h3-7,15H,2,8-10,14H2,1H3/b4-3+. The first-order chi connectivity index (χ1) is 9.20. The van der Waals surface area contributed by atoms with Crippen molar-refractivity contribution >= 4 is 11.4 Å². The molecular formula is C13H19N3O3. The molecule has 1 rings (SSSR count). The van der Waals surface area contributed by atoms with Crippen molar-refractivity contribution in [1.29, 1.82) is 0 Å². The average Bonchev–Trinajstić information content (AvgIpc) is 2.41. The molecule has 0 radical (unpaired) electrons. The molecule has 1 aromatic carbocycles. The Morgan fingerprint density at radius 3 is 2.89 bits per heavy atom. The Morgan fingerprint density at radius 2 is 2.26 bits per heavy atom. The van der Waals surface area contributed by atoms with E-state index in [4.69, 9.17) is 10.5 Å². The smallest absolute Gasteiger partial charge is 0.333 e. The molecule has 0 unspecified atom stereocenters. The van der Waals surface area contributed by atoms with Gasteiger partial charge < -0.3 is 15.8 Å². The van der Waals surface area contributed by atoms with Crippen LogP contribution in [0.15, 0.2) is 30.4 Å². The second-order valence-electron chi connectivity index (χ2n) is 3.85. The van der Waals surface area contributed by atoms with Crippen LogP contribution < -0.4 is 15.8 Å². The SMILES string of the molecule is CCCOc1cccc(NC/C=C/CN)c1[N+](=O)[O-]. The third-order valence-electron chi connectivity index (χ3n) is 2.36. The molecule has 0 amide bonds. The highest BCUT2D eigenvalue weighted by molar-refractivity contribution is 5.68. The second kappa shape index (κ2) is 8.10. The van der Waals surface area contributed by atoms with Gasteiger partial charge >= 0.3 is 5.69 Å². The van der Waals surface area contributed by atoms with E-state index in [0.717, 1.165) is 6.42 Å². The molecule has 19 heavy (non-hydrogen) atoms. The first-order valence-corrected chi connectivity index (χ1v) is 6.19. The van der Waals surface area contributed by atoms with Crippen LogP contribution in [0.25, 0.3) is 0 Å². The summed E-state index contributed by atoms with van der Waals surface area (Å²) in [5.74, 6) is 0.291. The number of benzene rings is 1. The normalized spacial score (nSPS) is 10.6. The van der Waals surface area contributed by atoms with Gasteiger partial charge in [0.25, 0.3) is 0 Å². The minimum Gasteiger partial charge on any atom is -0.487 e. The van der Waals surface area contributed by atoms with Gasteiger partial charge in [-0.05, 0) is 18.6 Å². The zero-order chi connectivity index (χ0) is 14.1. The Morgan fingerprint density at radius 1 is 1.47 bits per heavy atom. The van der Waals surface area contributed by atoms with Gasteiger partial charge in [0.2, 0.25) is 0 Å². The van der Waals surface area contributed by atoms with Crippen molar-refractivity contribution in [3.05, 3.63) is 40.5 Å². The first kappa shape index (κ1) is 15.0. The van der Waals surface area contributed by atoms with Crippen LogP contribution in [0.3, 0.4) is 0 Å². The minimum absolute atomic E-state index is 0.0305. The largest absolute Gasteiger partial charge is 0.487 e. The lowest BCUT2D eigenvalue weighted by Gasteiger charge is -2.09. The number of para-hydroxylation sites is 1. The van der Waals surface area contributed by atoms with Gasteiger partial charge in [-0.3, -0.25) is 10.1 Å². The molecule has 104 valence electrons. The number of nitrogens with zero attached hydrogens (tertiary/aromatic N) is 1. The van der Waals surface area contributed by atoms with Gasteiger partial charge in [0.05, 0.1) is 11.5 Å². The maximum absolute atomic E-state index is 11.1. The monoisotopic (exact) mass is 265 g/mol. The van der Waals surface area contributed by atoms with E-state index in [-0.39, 0.29) is 5.69 Å². The molecule has 0 aliphatic carbocycles. The molecule has 6 heteroatoms. The number of ether oxygens (including phenoxy) is 1. The van der Waals surface area contributed by atoms with E-state index in [0.29, 0.717) is 31.1 Å². The van der Waals surface area contributed by atoms with Crippen molar-refractivity contribution in [2.24, 2.45) is 5.73 Å². The molecule has 3 N–H and O–H groups in total. The van der Waals surface area contributed by atoms with Crippen LogP contribution in [-0.4, -0.2) is 24.6 Å². The van der Waals surface area contributed by atoms with E-state index in [9.17, 15) is 10.1 Å². The van der Waals surface area contributed by atoms with Crippen LogP contribution in [0.2, 0.25) is 0 Å². The molecule has 0 bridgehead atoms. The van der Waals surface area contributed by atoms with Gasteiger partial charge in [0.15, 0.2) is 5.75 Å². The summed E-state index contributed by atoms with van der Waals surface area (Å²) in [7, 11) is 0. The van der Waals surface area contributed by atoms with Crippen LogP contribution in [-0.2, 0) is 0 Å². The zero-order valence-electron chi connectivity index (χ0n) is 11.0. The zero-order valence-corrected chi connectivity index (χ0v) is 11.0. The van der Waals surface area contributed by atoms with Gasteiger partial charge in [-0.25, -0.2) is 0 Å². The van der Waals surface area contributed by atoms with E-state index >= 15 is 0 Å². The van der Waals surface area contributed by atoms with Gasteiger partial charge in [0.1, 0.15) is 5.69 Å². The number of hydrogen-bond donors (Lipinski definition) is 2. The molecule has 0 fully saturated rings. The number of hydrogen-bond acceptors (Lipinski definition) is 5. The van der Waals surface area contributed by atoms with Crippen molar-refractivity contribution < 1.29 is 9.66 Å². The Bertz CT molecular complexity index is 447. The highest BCUT2D eigenvalue weighted by Crippen LogP contribution is 2.34. The Hall–Kier alpha value is -2.08. The fraction of sp³-hybridized carbons (Fsp3) is 0.385. The van der Waals surface area contributed by atoms with Crippen molar-refractivity contribution in [3.63, 3.8) is 0 Å². The molecule has 0 heterocycles. The Balaban J connectivity index is 2.89. The molecule has 0 atom stereocenters. The lowest BCUT2D eigenvalue weighted by Crippen LogP contribution is -2.05. The summed E-state index contributed by atoms with van der Waals surface area (Å²) >= 11 is 0. The van der Waals surface area contributed by atoms with Crippen LogP contribution in [0, 0.1) is 10.1 Å². The minimum atomic E-state index is -0.431. The van der Waals surface area contributed by atoms with E-state index < -0.39 is 4.92 Å².